The zero-order valence-corrected chi connectivity index (χ0v) is 17.5. The number of hydrogen-bond acceptors (Lipinski definition) is 4. The zero-order chi connectivity index (χ0) is 20.4. The van der Waals surface area contributed by atoms with E-state index in [4.69, 9.17) is 0 Å². The number of rotatable bonds is 4. The second kappa shape index (κ2) is 8.41. The van der Waals surface area contributed by atoms with E-state index in [1.165, 1.54) is 36.4 Å². The summed E-state index contributed by atoms with van der Waals surface area (Å²) in [5, 5.41) is 0.514. The van der Waals surface area contributed by atoms with Crippen LogP contribution in [0.15, 0.2) is 52.4 Å². The maximum Gasteiger partial charge on any atom is 0.266 e. The maximum absolute atomic E-state index is 14.0. The number of para-hydroxylation sites is 1. The lowest BCUT2D eigenvalue weighted by Gasteiger charge is -2.18. The minimum Gasteiger partial charge on any atom is -0.372 e. The van der Waals surface area contributed by atoms with Gasteiger partial charge in [-0.25, -0.2) is 9.38 Å². The van der Waals surface area contributed by atoms with Crippen LogP contribution in [0.3, 0.4) is 0 Å². The Hall–Kier alpha value is -2.60. The molecule has 0 aliphatic carbocycles. The molecular weight excluding hydrogens is 385 g/mol. The third kappa shape index (κ3) is 4.08. The van der Waals surface area contributed by atoms with Gasteiger partial charge in [-0.1, -0.05) is 18.2 Å². The summed E-state index contributed by atoms with van der Waals surface area (Å²) in [6.45, 7) is 6.67. The molecule has 0 saturated carbocycles. The number of benzene rings is 2. The van der Waals surface area contributed by atoms with Crippen LogP contribution in [0.25, 0.3) is 6.08 Å². The number of hydrogen-bond donors (Lipinski definition) is 0. The number of carbonyl (C=O) groups excluding carboxylic acids is 1. The number of carbonyl (C=O) groups is 1. The summed E-state index contributed by atoms with van der Waals surface area (Å²) in [7, 11) is 0. The Labute approximate surface area is 175 Å². The van der Waals surface area contributed by atoms with Gasteiger partial charge in [-0.15, -0.1) is 0 Å². The van der Waals surface area contributed by atoms with Crippen molar-refractivity contribution in [3.8, 4) is 0 Å². The van der Waals surface area contributed by atoms with E-state index in [0.29, 0.717) is 16.6 Å². The van der Waals surface area contributed by atoms with E-state index in [9.17, 15) is 9.18 Å². The Morgan fingerprint density at radius 3 is 2.62 bits per heavy atom. The first-order chi connectivity index (χ1) is 14.1. The summed E-state index contributed by atoms with van der Waals surface area (Å²) in [6, 6.07) is 12.7. The van der Waals surface area contributed by atoms with Crippen molar-refractivity contribution in [1.29, 1.82) is 0 Å². The molecule has 0 N–H and O–H groups in total. The first kappa shape index (κ1) is 19.7. The Morgan fingerprint density at radius 2 is 1.93 bits per heavy atom. The number of likely N-dealkylation sites (N-methyl/N-ethyl adjacent to an activating group) is 1. The van der Waals surface area contributed by atoms with Crippen LogP contribution in [0, 0.1) is 12.7 Å². The fourth-order valence-corrected chi connectivity index (χ4v) is 4.70. The van der Waals surface area contributed by atoms with Crippen LogP contribution in [0.5, 0.6) is 0 Å². The number of amides is 1. The average Bonchev–Trinajstić information content (AvgIpc) is 3.34. The molecule has 2 aromatic rings. The lowest BCUT2D eigenvalue weighted by molar-refractivity contribution is -0.122. The molecule has 0 spiro atoms. The van der Waals surface area contributed by atoms with Crippen molar-refractivity contribution in [2.24, 2.45) is 4.99 Å². The first-order valence-electron chi connectivity index (χ1n) is 9.97. The van der Waals surface area contributed by atoms with Gasteiger partial charge in [-0.05, 0) is 79.9 Å². The first-order valence-corrected chi connectivity index (χ1v) is 10.8. The summed E-state index contributed by atoms with van der Waals surface area (Å²) in [5.41, 5.74) is 3.64. The van der Waals surface area contributed by atoms with Gasteiger partial charge in [0, 0.05) is 25.3 Å². The quantitative estimate of drug-likeness (QED) is 0.638. The number of thioether (sulfide) groups is 1. The van der Waals surface area contributed by atoms with Gasteiger partial charge in [-0.2, -0.15) is 0 Å². The fourth-order valence-electron chi connectivity index (χ4n) is 3.65. The van der Waals surface area contributed by atoms with Crippen LogP contribution in [0.1, 0.15) is 30.9 Å². The lowest BCUT2D eigenvalue weighted by atomic mass is 10.1. The highest BCUT2D eigenvalue weighted by Gasteiger charge is 2.32. The van der Waals surface area contributed by atoms with Gasteiger partial charge in [0.2, 0.25) is 0 Å². The third-order valence-corrected chi connectivity index (χ3v) is 6.29. The van der Waals surface area contributed by atoms with Crippen molar-refractivity contribution in [2.75, 3.05) is 24.5 Å². The summed E-state index contributed by atoms with van der Waals surface area (Å²) >= 11 is 1.30. The minimum atomic E-state index is -0.394. The van der Waals surface area contributed by atoms with Gasteiger partial charge in [0.15, 0.2) is 5.17 Å². The minimum absolute atomic E-state index is 0.0874. The summed E-state index contributed by atoms with van der Waals surface area (Å²) in [4.78, 5) is 21.9. The van der Waals surface area contributed by atoms with E-state index in [2.05, 4.69) is 35.0 Å². The monoisotopic (exact) mass is 409 g/mol. The molecule has 2 aromatic carbocycles. The second-order valence-electron chi connectivity index (χ2n) is 7.24. The van der Waals surface area contributed by atoms with Crippen LogP contribution in [0.4, 0.5) is 15.8 Å². The van der Waals surface area contributed by atoms with Crippen molar-refractivity contribution in [3.63, 3.8) is 0 Å². The average molecular weight is 410 g/mol. The van der Waals surface area contributed by atoms with Crippen LogP contribution >= 0.6 is 11.8 Å². The van der Waals surface area contributed by atoms with Crippen LogP contribution < -0.4 is 4.90 Å². The molecule has 0 radical (unpaired) electrons. The highest BCUT2D eigenvalue weighted by Crippen LogP contribution is 2.35. The Bertz CT molecular complexity index is 995. The highest BCUT2D eigenvalue weighted by atomic mass is 32.2. The number of aliphatic imine (C=N–C) groups is 1. The molecule has 4 rings (SSSR count). The summed E-state index contributed by atoms with van der Waals surface area (Å²) in [5.74, 6) is -0.481. The molecule has 150 valence electrons. The van der Waals surface area contributed by atoms with E-state index in [1.807, 2.05) is 13.0 Å². The fraction of sp³-hybridized carbons (Fsp3) is 0.304. The molecule has 6 heteroatoms. The predicted octanol–water partition coefficient (Wildman–Crippen LogP) is 5.36. The Kier molecular flexibility index (Phi) is 5.72. The van der Waals surface area contributed by atoms with Gasteiger partial charge in [0.25, 0.3) is 5.91 Å². The molecule has 2 heterocycles. The second-order valence-corrected chi connectivity index (χ2v) is 8.25. The molecular formula is C23H24FN3OS. The van der Waals surface area contributed by atoms with E-state index >= 15 is 0 Å². The van der Waals surface area contributed by atoms with E-state index in [-0.39, 0.29) is 11.6 Å². The maximum atomic E-state index is 14.0. The number of nitrogens with zero attached hydrogens (tertiary/aromatic N) is 3. The van der Waals surface area contributed by atoms with Crippen LogP contribution in [0.2, 0.25) is 0 Å². The molecule has 0 atom stereocenters. The highest BCUT2D eigenvalue weighted by molar-refractivity contribution is 8.18. The molecule has 0 aromatic heterocycles. The molecule has 2 aliphatic heterocycles. The van der Waals surface area contributed by atoms with Crippen molar-refractivity contribution in [2.45, 2.75) is 26.7 Å². The van der Waals surface area contributed by atoms with Gasteiger partial charge < -0.3 is 4.90 Å². The molecule has 4 nitrogen and oxygen atoms in total. The van der Waals surface area contributed by atoms with Crippen molar-refractivity contribution >= 4 is 40.3 Å². The molecule has 29 heavy (non-hydrogen) atoms. The standard InChI is InChI=1S/C23H24FN3OS/c1-3-27-22(28)21(29-23(27)25-20-9-5-4-8-19(20)24)15-17-10-11-18(14-16(17)2)26-12-6-7-13-26/h4-5,8-11,14-15H,3,6-7,12-13H2,1-2H3/b21-15+,25-23?. The van der Waals surface area contributed by atoms with Gasteiger partial charge in [-0.3, -0.25) is 9.69 Å². The van der Waals surface area contributed by atoms with Crippen molar-refractivity contribution in [1.82, 2.24) is 4.90 Å². The number of amidine groups is 1. The van der Waals surface area contributed by atoms with Gasteiger partial charge in [0.05, 0.1) is 4.91 Å². The van der Waals surface area contributed by atoms with Crippen LogP contribution in [-0.4, -0.2) is 35.6 Å². The molecule has 0 unspecified atom stereocenters. The van der Waals surface area contributed by atoms with Crippen molar-refractivity contribution < 1.29 is 9.18 Å². The Balaban J connectivity index is 1.62. The molecule has 0 bridgehead atoms. The number of aryl methyl sites for hydroxylation is 1. The van der Waals surface area contributed by atoms with Crippen LogP contribution in [-0.2, 0) is 4.79 Å². The summed E-state index contributed by atoms with van der Waals surface area (Å²) in [6.07, 6.45) is 4.41. The molecule has 2 saturated heterocycles. The Morgan fingerprint density at radius 1 is 1.17 bits per heavy atom. The molecule has 2 fully saturated rings. The van der Waals surface area contributed by atoms with Gasteiger partial charge in [0.1, 0.15) is 11.5 Å². The van der Waals surface area contributed by atoms with Gasteiger partial charge >= 0.3 is 0 Å². The van der Waals surface area contributed by atoms with E-state index in [1.54, 1.807) is 23.1 Å². The number of anilines is 1. The summed E-state index contributed by atoms with van der Waals surface area (Å²) < 4.78 is 14.0. The smallest absolute Gasteiger partial charge is 0.266 e. The molecule has 1 amide bonds. The lowest BCUT2D eigenvalue weighted by Crippen LogP contribution is -2.28. The molecule has 2 aliphatic rings. The SMILES string of the molecule is CCN1C(=O)/C(=C\c2ccc(N3CCCC3)cc2C)SC1=Nc1ccccc1F. The predicted molar refractivity (Wildman–Crippen MR) is 119 cm³/mol. The zero-order valence-electron chi connectivity index (χ0n) is 16.7. The number of halogens is 1. The normalized spacial score (nSPS) is 19.8. The largest absolute Gasteiger partial charge is 0.372 e. The van der Waals surface area contributed by atoms with Crippen molar-refractivity contribution in [3.05, 3.63) is 64.3 Å². The van der Waals surface area contributed by atoms with E-state index < -0.39 is 5.82 Å². The van der Waals surface area contributed by atoms with E-state index in [0.717, 1.165) is 24.2 Å². The third-order valence-electron chi connectivity index (χ3n) is 5.28. The topological polar surface area (TPSA) is 35.9 Å².